The van der Waals surface area contributed by atoms with Gasteiger partial charge in [-0.3, -0.25) is 57.9 Å². The minimum absolute atomic E-state index is 0.0263. The van der Waals surface area contributed by atoms with Gasteiger partial charge >= 0.3 is 41.8 Å². The fourth-order valence-electron chi connectivity index (χ4n) is 5.78. The van der Waals surface area contributed by atoms with Gasteiger partial charge < -0.3 is 65.7 Å². The number of ether oxygens (including phenoxy) is 2. The van der Waals surface area contributed by atoms with Crippen molar-refractivity contribution in [1.29, 1.82) is 0 Å². The molecule has 2 rings (SSSR count). The summed E-state index contributed by atoms with van der Waals surface area (Å²) in [7, 11) is 2.53. The zero-order chi connectivity index (χ0) is 45.8. The summed E-state index contributed by atoms with van der Waals surface area (Å²) in [4.78, 5) is 113. The molecule has 0 aliphatic carbocycles. The number of rotatable bonds is 30. The summed E-state index contributed by atoms with van der Waals surface area (Å²) in [5, 5.41) is 70.9. The van der Waals surface area contributed by atoms with Gasteiger partial charge in [-0.15, -0.1) is 0 Å². The predicted molar refractivity (Wildman–Crippen MR) is 210 cm³/mol. The van der Waals surface area contributed by atoms with Crippen LogP contribution in [0.5, 0.6) is 11.5 Å². The van der Waals surface area contributed by atoms with Crippen molar-refractivity contribution >= 4 is 76.3 Å². The minimum atomic E-state index is -1.34. The lowest BCUT2D eigenvalue weighted by molar-refractivity contribution is -0.141. The van der Waals surface area contributed by atoms with Gasteiger partial charge in [0.15, 0.2) is 0 Å². The summed E-state index contributed by atoms with van der Waals surface area (Å²) in [6.07, 6.45) is 0. The first-order valence-electron chi connectivity index (χ1n) is 17.8. The van der Waals surface area contributed by atoms with Crippen LogP contribution < -0.4 is 29.9 Å². The largest absolute Gasteiger partial charge is 0.495 e. The van der Waals surface area contributed by atoms with E-state index in [-0.39, 0.29) is 60.4 Å². The lowest BCUT2D eigenvalue weighted by Crippen LogP contribution is -2.46. The lowest BCUT2D eigenvalue weighted by atomic mass is 10.2. The average Bonchev–Trinajstić information content (AvgIpc) is 3.13. The molecule has 25 nitrogen and oxygen atoms in total. The maximum Gasteiger partial charge on any atom is 0.323 e. The molecule has 0 radical (unpaired) electrons. The molecule has 0 aliphatic heterocycles. The molecule has 0 aliphatic rings. The molecule has 0 saturated heterocycles. The molecular weight excluding hydrogens is 818 g/mol. The Hall–Kier alpha value is -7.25. The highest BCUT2D eigenvalue weighted by Crippen LogP contribution is 2.32. The number of nitrogens with one attached hydrogen (secondary N) is 2. The van der Waals surface area contributed by atoms with Crippen molar-refractivity contribution in [3.8, 4) is 11.5 Å². The monoisotopic (exact) mass is 865 g/mol. The molecule has 334 valence electrons. The minimum Gasteiger partial charge on any atom is -0.495 e. The Morgan fingerprint density at radius 3 is 0.984 bits per heavy atom. The number of carbonyl (C=O) groups is 9. The first-order chi connectivity index (χ1) is 28.7. The second kappa shape index (κ2) is 24.6. The number of methoxy groups -OCH3 is 2. The summed E-state index contributed by atoms with van der Waals surface area (Å²) in [6, 6.07) is 8.02. The SMILES string of the molecule is COc1ccc(NC(=O)CN(CCN(CCN(CC(=O)O)CC(=O)Nc2ccc(OC)c(N(CC(=O)O)CC(=O)O)c2)CC(=O)O)CC(=O)O)cc1N(CC(=O)O)CC(=O)O. The van der Waals surface area contributed by atoms with Crippen molar-refractivity contribution in [3.05, 3.63) is 36.4 Å². The Bertz CT molecular complexity index is 1770. The molecule has 0 fully saturated rings. The first kappa shape index (κ1) is 49.9. The maximum absolute atomic E-state index is 13.1. The quantitative estimate of drug-likeness (QED) is 0.0426. The van der Waals surface area contributed by atoms with Crippen LogP contribution in [0.25, 0.3) is 0 Å². The fourth-order valence-corrected chi connectivity index (χ4v) is 5.78. The molecule has 2 amide bonds. The highest BCUT2D eigenvalue weighted by Gasteiger charge is 2.23. The topological polar surface area (TPSA) is 354 Å². The van der Waals surface area contributed by atoms with Gasteiger partial charge in [-0.25, -0.2) is 0 Å². The number of carboxylic acids is 7. The van der Waals surface area contributed by atoms with Crippen LogP contribution in [0.1, 0.15) is 0 Å². The van der Waals surface area contributed by atoms with Gasteiger partial charge in [0.1, 0.15) is 37.7 Å². The molecular formula is C36H47N7O18. The summed E-state index contributed by atoms with van der Waals surface area (Å²) in [6.45, 7) is -6.58. The Labute approximate surface area is 346 Å². The Morgan fingerprint density at radius 1 is 0.426 bits per heavy atom. The van der Waals surface area contributed by atoms with Gasteiger partial charge in [0, 0.05) is 37.6 Å². The first-order valence-corrected chi connectivity index (χ1v) is 17.8. The summed E-state index contributed by atoms with van der Waals surface area (Å²) in [5.41, 5.74) is 0.215. The van der Waals surface area contributed by atoms with E-state index in [0.717, 1.165) is 9.80 Å². The molecule has 0 saturated carbocycles. The summed E-state index contributed by atoms with van der Waals surface area (Å²) in [5.74, 6) is -10.6. The molecule has 61 heavy (non-hydrogen) atoms. The van der Waals surface area contributed by atoms with E-state index in [1.165, 1.54) is 65.3 Å². The van der Waals surface area contributed by atoms with Crippen LogP contribution in [0.4, 0.5) is 22.7 Å². The molecule has 0 heterocycles. The van der Waals surface area contributed by atoms with Crippen molar-refractivity contribution in [2.75, 3.05) is 120 Å². The standard InChI is InChI=1S/C36H47N7O18/c1-60-26-5-3-22(11-24(26)42(18-33(52)53)19-34(54)55)37-28(44)13-40(16-31(48)49)9-7-39(15-30(46)47)8-10-41(17-32(50)51)14-29(45)38-23-4-6-27(61-2)25(12-23)43(20-35(56)57)21-36(58)59/h3-6,11-12H,7-10,13-21H2,1-2H3,(H,37,44)(H,38,45)(H,46,47)(H,48,49)(H,50,51)(H,52,53)(H,54,55)(H,56,57)(H,58,59). The molecule has 0 aromatic heterocycles. The molecule has 2 aromatic carbocycles. The highest BCUT2D eigenvalue weighted by atomic mass is 16.5. The van der Waals surface area contributed by atoms with Gasteiger partial charge in [-0.1, -0.05) is 0 Å². The van der Waals surface area contributed by atoms with E-state index in [2.05, 4.69) is 10.6 Å². The number of aliphatic carboxylic acids is 7. The second-order valence-electron chi connectivity index (χ2n) is 13.0. The van der Waals surface area contributed by atoms with E-state index < -0.39 is 113 Å². The molecule has 9 N–H and O–H groups in total. The number of carbonyl (C=O) groups excluding carboxylic acids is 2. The Kier molecular flexibility index (Phi) is 20.1. The van der Waals surface area contributed by atoms with Crippen LogP contribution in [-0.2, 0) is 43.2 Å². The third kappa shape index (κ3) is 18.9. The second-order valence-corrected chi connectivity index (χ2v) is 13.0. The molecule has 0 unspecified atom stereocenters. The Balaban J connectivity index is 2.19. The number of hydrogen-bond acceptors (Lipinski definition) is 16. The van der Waals surface area contributed by atoms with Crippen LogP contribution in [0.2, 0.25) is 0 Å². The third-order valence-corrected chi connectivity index (χ3v) is 8.19. The van der Waals surface area contributed by atoms with Crippen molar-refractivity contribution in [1.82, 2.24) is 14.7 Å². The fraction of sp³-hybridized carbons (Fsp3) is 0.417. The molecule has 0 bridgehead atoms. The molecule has 2 aromatic rings. The van der Waals surface area contributed by atoms with E-state index in [4.69, 9.17) is 9.47 Å². The van der Waals surface area contributed by atoms with Gasteiger partial charge in [-0.2, -0.15) is 0 Å². The van der Waals surface area contributed by atoms with E-state index >= 15 is 0 Å². The van der Waals surface area contributed by atoms with Gasteiger partial charge in [0.2, 0.25) is 11.8 Å². The van der Waals surface area contributed by atoms with Gasteiger partial charge in [0.05, 0.1) is 58.3 Å². The van der Waals surface area contributed by atoms with Crippen molar-refractivity contribution in [3.63, 3.8) is 0 Å². The number of amides is 2. The van der Waals surface area contributed by atoms with Gasteiger partial charge in [0.25, 0.3) is 0 Å². The van der Waals surface area contributed by atoms with Crippen LogP contribution >= 0.6 is 0 Å². The van der Waals surface area contributed by atoms with E-state index in [1.54, 1.807) is 0 Å². The zero-order valence-corrected chi connectivity index (χ0v) is 33.0. The maximum atomic E-state index is 13.1. The van der Waals surface area contributed by atoms with Crippen LogP contribution in [0, 0.1) is 0 Å². The highest BCUT2D eigenvalue weighted by molar-refractivity contribution is 5.95. The van der Waals surface area contributed by atoms with E-state index in [0.29, 0.717) is 0 Å². The smallest absolute Gasteiger partial charge is 0.323 e. The van der Waals surface area contributed by atoms with Gasteiger partial charge in [-0.05, 0) is 36.4 Å². The predicted octanol–water partition coefficient (Wildman–Crippen LogP) is -1.61. The van der Waals surface area contributed by atoms with E-state index in [9.17, 15) is 78.9 Å². The van der Waals surface area contributed by atoms with Crippen molar-refractivity contribution < 1.29 is 88.4 Å². The van der Waals surface area contributed by atoms with Crippen molar-refractivity contribution in [2.24, 2.45) is 0 Å². The van der Waals surface area contributed by atoms with Crippen LogP contribution in [0.3, 0.4) is 0 Å². The number of carboxylic acid groups (broad SMARTS) is 7. The van der Waals surface area contributed by atoms with Crippen LogP contribution in [0.15, 0.2) is 36.4 Å². The number of hydrogen-bond donors (Lipinski definition) is 9. The van der Waals surface area contributed by atoms with E-state index in [1.807, 2.05) is 0 Å². The summed E-state index contributed by atoms with van der Waals surface area (Å²) >= 11 is 0. The molecule has 0 spiro atoms. The lowest BCUT2D eigenvalue weighted by Gasteiger charge is -2.28. The normalized spacial score (nSPS) is 10.8. The van der Waals surface area contributed by atoms with Crippen molar-refractivity contribution in [2.45, 2.75) is 0 Å². The van der Waals surface area contributed by atoms with Crippen LogP contribution in [-0.4, -0.2) is 203 Å². The molecule has 25 heteroatoms. The summed E-state index contributed by atoms with van der Waals surface area (Å²) < 4.78 is 10.5. The number of benzene rings is 2. The zero-order valence-electron chi connectivity index (χ0n) is 33.0. The molecule has 0 atom stereocenters. The number of anilines is 4. The third-order valence-electron chi connectivity index (χ3n) is 8.19. The Morgan fingerprint density at radius 2 is 0.705 bits per heavy atom. The average molecular weight is 866 g/mol. The number of nitrogens with zero attached hydrogens (tertiary/aromatic N) is 5.